The lowest BCUT2D eigenvalue weighted by Crippen LogP contribution is -2.37. The van der Waals surface area contributed by atoms with Crippen molar-refractivity contribution in [3.05, 3.63) is 53.1 Å². The lowest BCUT2D eigenvalue weighted by atomic mass is 10.1. The molecule has 0 radical (unpaired) electrons. The molecule has 0 aromatic heterocycles. The Kier molecular flexibility index (Phi) is 7.21. The van der Waals surface area contributed by atoms with E-state index in [1.165, 1.54) is 32.4 Å². The molecule has 3 rings (SSSR count). The lowest BCUT2D eigenvalue weighted by Gasteiger charge is -2.20. The Morgan fingerprint density at radius 2 is 1.97 bits per heavy atom. The number of amides is 2. The van der Waals surface area contributed by atoms with E-state index in [9.17, 15) is 18.0 Å². The minimum atomic E-state index is -4.08. The van der Waals surface area contributed by atoms with Crippen LogP contribution in [0.3, 0.4) is 0 Å². The predicted octanol–water partition coefficient (Wildman–Crippen LogP) is 2.37. The number of esters is 1. The molecule has 172 valence electrons. The van der Waals surface area contributed by atoms with Crippen molar-refractivity contribution in [3.8, 4) is 11.5 Å². The third-order valence-corrected chi connectivity index (χ3v) is 6.06. The first-order chi connectivity index (χ1) is 15.3. The number of methoxy groups -OCH3 is 1. The highest BCUT2D eigenvalue weighted by Gasteiger charge is 2.28. The zero-order valence-corrected chi connectivity index (χ0v) is 18.7. The number of ether oxygens (including phenoxy) is 2. The molecular formula is C21H24N2O8S. The summed E-state index contributed by atoms with van der Waals surface area (Å²) in [6, 6.07) is 8.43. The van der Waals surface area contributed by atoms with Gasteiger partial charge in [0.15, 0.2) is 5.75 Å². The molecule has 32 heavy (non-hydrogen) atoms. The van der Waals surface area contributed by atoms with E-state index < -0.39 is 28.1 Å². The number of hydrogen-bond donors (Lipinski definition) is 2. The molecule has 11 heteroatoms. The van der Waals surface area contributed by atoms with Gasteiger partial charge in [0.1, 0.15) is 12.4 Å². The van der Waals surface area contributed by atoms with Crippen LogP contribution in [-0.4, -0.2) is 34.6 Å². The molecule has 2 amide bonds. The Morgan fingerprint density at radius 3 is 2.66 bits per heavy atom. The smallest absolute Gasteiger partial charge is 0.351 e. The van der Waals surface area contributed by atoms with Gasteiger partial charge in [-0.1, -0.05) is 25.5 Å². The van der Waals surface area contributed by atoms with Crippen molar-refractivity contribution in [2.24, 2.45) is 0 Å². The highest BCUT2D eigenvalue weighted by Crippen LogP contribution is 2.33. The van der Waals surface area contributed by atoms with Crippen molar-refractivity contribution in [1.82, 2.24) is 10.0 Å². The quantitative estimate of drug-likeness (QED) is 0.450. The zero-order chi connectivity index (χ0) is 23.3. The summed E-state index contributed by atoms with van der Waals surface area (Å²) in [6.07, 6.45) is 0.0557. The Bertz CT molecular complexity index is 1120. The van der Waals surface area contributed by atoms with Crippen molar-refractivity contribution in [2.45, 2.75) is 37.4 Å². The number of carbonyl (C=O) groups excluding carboxylic acids is 2. The summed E-state index contributed by atoms with van der Waals surface area (Å²) in [5.41, 5.74) is 1.88. The summed E-state index contributed by atoms with van der Waals surface area (Å²) in [6.45, 7) is 2.23. The normalized spacial score (nSPS) is 13.5. The average molecular weight is 464 g/mol. The van der Waals surface area contributed by atoms with Gasteiger partial charge in [0, 0.05) is 18.2 Å². The van der Waals surface area contributed by atoms with Crippen LogP contribution in [0, 0.1) is 0 Å². The van der Waals surface area contributed by atoms with E-state index in [1.54, 1.807) is 18.2 Å². The molecule has 1 atom stereocenters. The largest absolute Gasteiger partial charge is 0.474 e. The lowest BCUT2D eigenvalue weighted by molar-refractivity contribution is -0.194. The second-order valence-electron chi connectivity index (χ2n) is 6.94. The van der Waals surface area contributed by atoms with E-state index >= 15 is 0 Å². The molecule has 1 heterocycles. The maximum atomic E-state index is 12.5. The molecule has 0 fully saturated rings. The number of carbonyl (C=O) groups is 2. The molecule has 1 aliphatic heterocycles. The van der Waals surface area contributed by atoms with Gasteiger partial charge >= 0.3 is 12.0 Å². The van der Waals surface area contributed by atoms with Crippen LogP contribution in [-0.2, 0) is 37.5 Å². The fourth-order valence-corrected chi connectivity index (χ4v) is 4.12. The second-order valence-corrected chi connectivity index (χ2v) is 8.62. The SMILES string of the molecule is CCCc1cc(S(=O)(=O)NC(=O)NC)ccc1OC(C(=O)OC)c1ccc2c(c1)OOC2. The van der Waals surface area contributed by atoms with Crippen LogP contribution >= 0.6 is 0 Å². The first kappa shape index (κ1) is 23.4. The van der Waals surface area contributed by atoms with Gasteiger partial charge in [0.2, 0.25) is 6.10 Å². The number of benzene rings is 2. The first-order valence-electron chi connectivity index (χ1n) is 9.83. The minimum absolute atomic E-state index is 0.102. The predicted molar refractivity (Wildman–Crippen MR) is 112 cm³/mol. The number of fused-ring (bicyclic) bond motifs is 1. The standard InChI is InChI=1S/C21H24N2O8S/c1-4-5-13-10-16(32(26,27)23-21(25)22-2)8-9-17(13)30-19(20(24)28-3)14-6-7-15-12-29-31-18(15)11-14/h6-11,19H,4-5,12H2,1-3H3,(H2,22,23,25). The third kappa shape index (κ3) is 5.11. The fourth-order valence-electron chi connectivity index (χ4n) is 3.11. The van der Waals surface area contributed by atoms with E-state index in [4.69, 9.17) is 19.2 Å². The number of nitrogens with one attached hydrogen (secondary N) is 2. The third-order valence-electron chi connectivity index (χ3n) is 4.73. The van der Waals surface area contributed by atoms with Crippen LogP contribution in [0.2, 0.25) is 0 Å². The Morgan fingerprint density at radius 1 is 1.19 bits per heavy atom. The molecule has 1 aliphatic rings. The molecule has 2 aromatic rings. The summed E-state index contributed by atoms with van der Waals surface area (Å²) in [5.74, 6) is 0.165. The molecule has 2 aromatic carbocycles. The molecule has 10 nitrogen and oxygen atoms in total. The maximum absolute atomic E-state index is 12.5. The van der Waals surface area contributed by atoms with Crippen molar-refractivity contribution in [2.75, 3.05) is 14.2 Å². The van der Waals surface area contributed by atoms with Gasteiger partial charge in [-0.15, -0.1) is 0 Å². The van der Waals surface area contributed by atoms with Crippen molar-refractivity contribution in [1.29, 1.82) is 0 Å². The summed E-state index contributed by atoms with van der Waals surface area (Å²) in [4.78, 5) is 33.9. The number of hydrogen-bond acceptors (Lipinski definition) is 8. The molecule has 0 bridgehead atoms. The molecule has 0 saturated heterocycles. The van der Waals surface area contributed by atoms with Crippen LogP contribution < -0.4 is 19.7 Å². The van der Waals surface area contributed by atoms with Gasteiger partial charge in [0.25, 0.3) is 10.0 Å². The Hall–Kier alpha value is -3.31. The molecule has 0 aliphatic carbocycles. The number of sulfonamides is 1. The van der Waals surface area contributed by atoms with Crippen LogP contribution in [0.1, 0.15) is 36.1 Å². The highest BCUT2D eigenvalue weighted by atomic mass is 32.2. The molecule has 1 unspecified atom stereocenters. The van der Waals surface area contributed by atoms with Crippen molar-refractivity contribution < 1.29 is 37.3 Å². The van der Waals surface area contributed by atoms with E-state index in [0.717, 1.165) is 5.56 Å². The van der Waals surface area contributed by atoms with Gasteiger partial charge in [-0.2, -0.15) is 4.89 Å². The molecule has 2 N–H and O–H groups in total. The van der Waals surface area contributed by atoms with E-state index in [-0.39, 0.29) is 4.90 Å². The maximum Gasteiger partial charge on any atom is 0.351 e. The number of rotatable bonds is 8. The minimum Gasteiger partial charge on any atom is -0.474 e. The monoisotopic (exact) mass is 464 g/mol. The van der Waals surface area contributed by atoms with Crippen molar-refractivity contribution in [3.63, 3.8) is 0 Å². The van der Waals surface area contributed by atoms with E-state index in [2.05, 4.69) is 5.32 Å². The van der Waals surface area contributed by atoms with Gasteiger partial charge in [-0.05, 0) is 36.2 Å². The fraction of sp³-hybridized carbons (Fsp3) is 0.333. The topological polar surface area (TPSA) is 129 Å². The zero-order valence-electron chi connectivity index (χ0n) is 17.8. The highest BCUT2D eigenvalue weighted by molar-refractivity contribution is 7.90. The van der Waals surface area contributed by atoms with Crippen LogP contribution in [0.5, 0.6) is 11.5 Å². The average Bonchev–Trinajstić information content (AvgIpc) is 3.25. The van der Waals surface area contributed by atoms with Gasteiger partial charge in [-0.25, -0.2) is 22.7 Å². The van der Waals surface area contributed by atoms with Crippen molar-refractivity contribution >= 4 is 22.0 Å². The molecule has 0 saturated carbocycles. The van der Waals surface area contributed by atoms with Gasteiger partial charge < -0.3 is 19.7 Å². The summed E-state index contributed by atoms with van der Waals surface area (Å²) in [5, 5.41) is 2.20. The van der Waals surface area contributed by atoms with E-state index in [0.29, 0.717) is 42.1 Å². The van der Waals surface area contributed by atoms with Gasteiger partial charge in [-0.3, -0.25) is 0 Å². The van der Waals surface area contributed by atoms with Crippen LogP contribution in [0.4, 0.5) is 4.79 Å². The second kappa shape index (κ2) is 9.88. The number of aryl methyl sites for hydroxylation is 1. The van der Waals surface area contributed by atoms with Crippen LogP contribution in [0.15, 0.2) is 41.3 Å². The van der Waals surface area contributed by atoms with E-state index in [1.807, 2.05) is 11.6 Å². The Labute approximate surface area is 185 Å². The summed E-state index contributed by atoms with van der Waals surface area (Å²) >= 11 is 0. The first-order valence-corrected chi connectivity index (χ1v) is 11.3. The molecule has 0 spiro atoms. The summed E-state index contributed by atoms with van der Waals surface area (Å²) in [7, 11) is -1.52. The summed E-state index contributed by atoms with van der Waals surface area (Å²) < 4.78 is 37.7. The number of urea groups is 1. The van der Waals surface area contributed by atoms with Gasteiger partial charge in [0.05, 0.1) is 12.0 Å². The van der Waals surface area contributed by atoms with Crippen LogP contribution in [0.25, 0.3) is 0 Å². The Balaban J connectivity index is 1.95. The molecular weight excluding hydrogens is 440 g/mol.